The molecule has 4 aromatic rings. The standard InChI is InChI=1S/C38H44N6O4/c1-24-14-15-26-27(11-7-13-30(26)42-33(45)29-22-38(29)17-5-6-18-38)32(24)47-34-28(12-8-19-39-34)31-16-20-40-35(43-31)41-25-10-9-21-44(23-25)36(46)48-37(2,3)4/h7-8,11-16,19-20,25,29H,5-6,9-10,17-18,21-23H2,1-4H3,(H,42,45)(H,40,41,43)/t25-,29-/m0/s1. The maximum atomic E-state index is 13.3. The van der Waals surface area contributed by atoms with E-state index in [0.29, 0.717) is 36.4 Å². The van der Waals surface area contributed by atoms with Crippen molar-refractivity contribution in [1.29, 1.82) is 0 Å². The van der Waals surface area contributed by atoms with Crippen molar-refractivity contribution in [3.05, 3.63) is 66.5 Å². The number of amides is 2. The molecule has 2 amide bonds. The van der Waals surface area contributed by atoms with Gasteiger partial charge in [0, 0.05) is 53.9 Å². The molecule has 2 aliphatic carbocycles. The van der Waals surface area contributed by atoms with Crippen LogP contribution in [0.15, 0.2) is 60.9 Å². The summed E-state index contributed by atoms with van der Waals surface area (Å²) in [6.45, 7) is 8.80. The van der Waals surface area contributed by atoms with Gasteiger partial charge < -0.3 is 25.0 Å². The van der Waals surface area contributed by atoms with Gasteiger partial charge in [-0.25, -0.2) is 19.7 Å². The largest absolute Gasteiger partial charge is 0.444 e. The van der Waals surface area contributed by atoms with Crippen LogP contribution < -0.4 is 15.4 Å². The normalized spacial score (nSPS) is 20.0. The topological polar surface area (TPSA) is 119 Å². The highest BCUT2D eigenvalue weighted by Crippen LogP contribution is 2.63. The van der Waals surface area contributed by atoms with E-state index in [2.05, 4.69) is 20.6 Å². The molecule has 3 heterocycles. The van der Waals surface area contributed by atoms with Crippen molar-refractivity contribution in [3.63, 3.8) is 0 Å². The third-order valence-electron chi connectivity index (χ3n) is 9.88. The van der Waals surface area contributed by atoms with Crippen LogP contribution in [0.1, 0.15) is 71.3 Å². The van der Waals surface area contributed by atoms with Crippen molar-refractivity contribution in [2.24, 2.45) is 11.3 Å². The van der Waals surface area contributed by atoms with E-state index in [1.807, 2.05) is 76.2 Å². The number of benzene rings is 2. The number of likely N-dealkylation sites (tertiary alicyclic amines) is 1. The molecule has 1 aliphatic heterocycles. The summed E-state index contributed by atoms with van der Waals surface area (Å²) in [6, 6.07) is 15.6. The predicted molar refractivity (Wildman–Crippen MR) is 186 cm³/mol. The number of carbonyl (C=O) groups is 2. The SMILES string of the molecule is Cc1ccc2c(NC(=O)[C@@H]3CC34CCCC4)cccc2c1Oc1ncccc1-c1ccnc(N[C@H]2CCCN(C(=O)OC(C)(C)C)C2)n1. The lowest BCUT2D eigenvalue weighted by Gasteiger charge is -2.34. The number of hydrogen-bond donors (Lipinski definition) is 2. The van der Waals surface area contributed by atoms with Gasteiger partial charge in [-0.05, 0) is 95.0 Å². The summed E-state index contributed by atoms with van der Waals surface area (Å²) in [5, 5.41) is 8.48. The first-order valence-corrected chi connectivity index (χ1v) is 17.1. The number of aryl methyl sites for hydroxylation is 1. The molecule has 1 saturated heterocycles. The van der Waals surface area contributed by atoms with Crippen LogP contribution in [0.25, 0.3) is 22.0 Å². The lowest BCUT2D eigenvalue weighted by atomic mass is 10.0. The highest BCUT2D eigenvalue weighted by Gasteiger charge is 2.58. The Morgan fingerprint density at radius 2 is 1.79 bits per heavy atom. The van der Waals surface area contributed by atoms with Crippen LogP contribution in [0, 0.1) is 18.3 Å². The molecule has 3 fully saturated rings. The van der Waals surface area contributed by atoms with Crippen LogP contribution in [0.4, 0.5) is 16.4 Å². The molecule has 10 heteroatoms. The Kier molecular flexibility index (Phi) is 8.43. The van der Waals surface area contributed by atoms with Crippen molar-refractivity contribution >= 4 is 34.4 Å². The number of carbonyl (C=O) groups excluding carboxylic acids is 2. The molecule has 2 atom stereocenters. The van der Waals surface area contributed by atoms with Crippen LogP contribution in [0.5, 0.6) is 11.6 Å². The summed E-state index contributed by atoms with van der Waals surface area (Å²) in [5.41, 5.74) is 2.82. The molecule has 0 unspecified atom stereocenters. The average Bonchev–Trinajstić information content (AvgIpc) is 3.57. The monoisotopic (exact) mass is 648 g/mol. The molecule has 2 N–H and O–H groups in total. The Morgan fingerprint density at radius 3 is 2.60 bits per heavy atom. The Morgan fingerprint density at radius 1 is 0.958 bits per heavy atom. The van der Waals surface area contributed by atoms with Crippen molar-refractivity contribution in [3.8, 4) is 22.9 Å². The fourth-order valence-electron chi connectivity index (χ4n) is 7.37. The Balaban J connectivity index is 1.10. The minimum atomic E-state index is -0.546. The molecule has 10 nitrogen and oxygen atoms in total. The van der Waals surface area contributed by atoms with E-state index in [1.165, 1.54) is 25.7 Å². The van der Waals surface area contributed by atoms with E-state index in [4.69, 9.17) is 14.5 Å². The smallest absolute Gasteiger partial charge is 0.410 e. The summed E-state index contributed by atoms with van der Waals surface area (Å²) in [4.78, 5) is 41.6. The van der Waals surface area contributed by atoms with Gasteiger partial charge in [0.2, 0.25) is 17.7 Å². The van der Waals surface area contributed by atoms with Crippen molar-refractivity contribution in [1.82, 2.24) is 19.9 Å². The number of anilines is 2. The van der Waals surface area contributed by atoms with Crippen molar-refractivity contribution < 1.29 is 19.1 Å². The predicted octanol–water partition coefficient (Wildman–Crippen LogP) is 8.12. The van der Waals surface area contributed by atoms with Gasteiger partial charge in [-0.3, -0.25) is 4.79 Å². The quantitative estimate of drug-likeness (QED) is 0.206. The third-order valence-corrected chi connectivity index (χ3v) is 9.88. The number of aromatic nitrogens is 3. The number of rotatable bonds is 7. The number of hydrogen-bond acceptors (Lipinski definition) is 8. The Hall–Kier alpha value is -4.73. The lowest BCUT2D eigenvalue weighted by Crippen LogP contribution is -2.47. The third kappa shape index (κ3) is 6.66. The van der Waals surface area contributed by atoms with E-state index in [-0.39, 0.29) is 29.4 Å². The van der Waals surface area contributed by atoms with Gasteiger partial charge in [0.15, 0.2) is 0 Å². The number of piperidine rings is 1. The highest BCUT2D eigenvalue weighted by molar-refractivity contribution is 6.06. The molecule has 0 bridgehead atoms. The van der Waals surface area contributed by atoms with E-state index in [0.717, 1.165) is 46.8 Å². The molecule has 2 saturated carbocycles. The van der Waals surface area contributed by atoms with E-state index in [9.17, 15) is 9.59 Å². The number of pyridine rings is 1. The molecular weight excluding hydrogens is 604 g/mol. The first-order chi connectivity index (χ1) is 23.1. The second-order valence-electron chi connectivity index (χ2n) is 14.6. The van der Waals surface area contributed by atoms with Gasteiger partial charge in [-0.1, -0.05) is 37.1 Å². The summed E-state index contributed by atoms with van der Waals surface area (Å²) >= 11 is 0. The van der Waals surface area contributed by atoms with Crippen LogP contribution in [0.2, 0.25) is 0 Å². The van der Waals surface area contributed by atoms with Crippen LogP contribution in [-0.2, 0) is 9.53 Å². The zero-order valence-electron chi connectivity index (χ0n) is 28.2. The lowest BCUT2D eigenvalue weighted by molar-refractivity contribution is -0.118. The van der Waals surface area contributed by atoms with Crippen LogP contribution in [0.3, 0.4) is 0 Å². The fraction of sp³-hybridized carbons (Fsp3) is 0.447. The van der Waals surface area contributed by atoms with Crippen molar-refractivity contribution in [2.45, 2.75) is 84.3 Å². The number of ether oxygens (including phenoxy) is 2. The molecular formula is C38H44N6O4. The van der Waals surface area contributed by atoms with Gasteiger partial charge in [-0.2, -0.15) is 0 Å². The zero-order valence-corrected chi connectivity index (χ0v) is 28.2. The fourth-order valence-corrected chi connectivity index (χ4v) is 7.37. The first-order valence-electron chi connectivity index (χ1n) is 17.1. The molecule has 0 radical (unpaired) electrons. The molecule has 1 spiro atoms. The van der Waals surface area contributed by atoms with Gasteiger partial charge in [0.25, 0.3) is 0 Å². The summed E-state index contributed by atoms with van der Waals surface area (Å²) in [5.74, 6) is 1.80. The second kappa shape index (κ2) is 12.7. The van der Waals surface area contributed by atoms with Gasteiger partial charge >= 0.3 is 6.09 Å². The van der Waals surface area contributed by atoms with Crippen LogP contribution >= 0.6 is 0 Å². The number of fused-ring (bicyclic) bond motifs is 1. The molecule has 2 aromatic carbocycles. The van der Waals surface area contributed by atoms with Crippen LogP contribution in [-0.4, -0.2) is 56.6 Å². The highest BCUT2D eigenvalue weighted by atomic mass is 16.6. The van der Waals surface area contributed by atoms with E-state index in [1.54, 1.807) is 17.3 Å². The van der Waals surface area contributed by atoms with Gasteiger partial charge in [0.1, 0.15) is 11.4 Å². The molecule has 250 valence electrons. The Bertz CT molecular complexity index is 1850. The summed E-state index contributed by atoms with van der Waals surface area (Å²) in [7, 11) is 0. The zero-order chi connectivity index (χ0) is 33.5. The molecule has 7 rings (SSSR count). The number of nitrogens with zero attached hydrogens (tertiary/aromatic N) is 4. The molecule has 3 aliphatic rings. The summed E-state index contributed by atoms with van der Waals surface area (Å²) in [6.07, 6.45) is 10.7. The second-order valence-corrected chi connectivity index (χ2v) is 14.6. The van der Waals surface area contributed by atoms with Gasteiger partial charge in [0.05, 0.1) is 11.3 Å². The van der Waals surface area contributed by atoms with Gasteiger partial charge in [-0.15, -0.1) is 0 Å². The van der Waals surface area contributed by atoms with E-state index >= 15 is 0 Å². The molecule has 48 heavy (non-hydrogen) atoms. The first kappa shape index (κ1) is 31.8. The van der Waals surface area contributed by atoms with E-state index < -0.39 is 5.60 Å². The average molecular weight is 649 g/mol. The molecule has 2 aromatic heterocycles. The summed E-state index contributed by atoms with van der Waals surface area (Å²) < 4.78 is 12.2. The Labute approximate surface area is 281 Å². The maximum absolute atomic E-state index is 13.3. The minimum Gasteiger partial charge on any atom is -0.444 e. The maximum Gasteiger partial charge on any atom is 0.410 e. The number of nitrogens with one attached hydrogen (secondary N) is 2. The van der Waals surface area contributed by atoms with Crippen molar-refractivity contribution in [2.75, 3.05) is 23.7 Å². The minimum absolute atomic E-state index is 0.0113.